The predicted octanol–water partition coefficient (Wildman–Crippen LogP) is 3.18. The van der Waals surface area contributed by atoms with E-state index >= 15 is 0 Å². The number of piperazine rings is 1. The van der Waals surface area contributed by atoms with Crippen LogP contribution in [-0.2, 0) is 16.1 Å². The first-order chi connectivity index (χ1) is 15.1. The Morgan fingerprint density at radius 2 is 1.68 bits per heavy atom. The number of carbonyl (C=O) groups is 2. The molecule has 4 rings (SSSR count). The maximum Gasteiger partial charge on any atom is 0.322 e. The van der Waals surface area contributed by atoms with Crippen molar-refractivity contribution in [2.45, 2.75) is 25.5 Å². The number of benzene rings is 2. The van der Waals surface area contributed by atoms with Gasteiger partial charge in [0.05, 0.1) is 11.4 Å². The maximum atomic E-state index is 12.9. The molecule has 1 atom stereocenters. The molecular formula is C24H30N4O3. The topological polar surface area (TPSA) is 65.1 Å². The quantitative estimate of drug-likeness (QED) is 0.804. The van der Waals surface area contributed by atoms with Gasteiger partial charge in [-0.1, -0.05) is 42.5 Å². The molecule has 0 bridgehead atoms. The van der Waals surface area contributed by atoms with Gasteiger partial charge in [-0.3, -0.25) is 4.79 Å². The fraction of sp³-hybridized carbons (Fsp3) is 0.417. The van der Waals surface area contributed by atoms with E-state index < -0.39 is 0 Å². The zero-order valence-electron chi connectivity index (χ0n) is 18.0. The van der Waals surface area contributed by atoms with E-state index in [1.54, 1.807) is 4.90 Å². The summed E-state index contributed by atoms with van der Waals surface area (Å²) in [7, 11) is 2.02. The number of hydrogen-bond acceptors (Lipinski definition) is 4. The SMILES string of the molecule is CN(Cc1ccccc1)c1ccccc1NC(=O)N1CCN(C(=O)C2CCCO2)CC1. The highest BCUT2D eigenvalue weighted by Gasteiger charge is 2.31. The van der Waals surface area contributed by atoms with Crippen molar-refractivity contribution in [3.63, 3.8) is 0 Å². The highest BCUT2D eigenvalue weighted by Crippen LogP contribution is 2.26. The molecule has 0 saturated carbocycles. The monoisotopic (exact) mass is 422 g/mol. The van der Waals surface area contributed by atoms with Gasteiger partial charge in [-0.25, -0.2) is 4.79 Å². The first-order valence-corrected chi connectivity index (χ1v) is 10.9. The van der Waals surface area contributed by atoms with Crippen molar-refractivity contribution in [2.75, 3.05) is 50.1 Å². The van der Waals surface area contributed by atoms with E-state index in [-0.39, 0.29) is 18.0 Å². The lowest BCUT2D eigenvalue weighted by Gasteiger charge is -2.36. The molecule has 31 heavy (non-hydrogen) atoms. The molecule has 2 saturated heterocycles. The Morgan fingerprint density at radius 1 is 1.00 bits per heavy atom. The van der Waals surface area contributed by atoms with Crippen molar-refractivity contribution in [3.05, 3.63) is 60.2 Å². The summed E-state index contributed by atoms with van der Waals surface area (Å²) in [6, 6.07) is 17.9. The number of amides is 3. The third-order valence-electron chi connectivity index (χ3n) is 5.90. The van der Waals surface area contributed by atoms with E-state index in [1.165, 1.54) is 5.56 Å². The van der Waals surface area contributed by atoms with Crippen molar-refractivity contribution >= 4 is 23.3 Å². The van der Waals surface area contributed by atoms with Gasteiger partial charge in [0.15, 0.2) is 0 Å². The molecule has 3 amide bonds. The molecule has 1 unspecified atom stereocenters. The molecule has 0 radical (unpaired) electrons. The van der Waals surface area contributed by atoms with Gasteiger partial charge >= 0.3 is 6.03 Å². The molecule has 1 N–H and O–H groups in total. The summed E-state index contributed by atoms with van der Waals surface area (Å²) in [5.74, 6) is 0.0606. The van der Waals surface area contributed by atoms with Crippen LogP contribution in [-0.4, -0.2) is 67.7 Å². The van der Waals surface area contributed by atoms with Crippen LogP contribution < -0.4 is 10.2 Å². The molecule has 2 aliphatic heterocycles. The number of anilines is 2. The lowest BCUT2D eigenvalue weighted by atomic mass is 10.2. The minimum absolute atomic E-state index is 0.0606. The average molecular weight is 423 g/mol. The maximum absolute atomic E-state index is 12.9. The molecule has 0 aliphatic carbocycles. The number of hydrogen-bond donors (Lipinski definition) is 1. The van der Waals surface area contributed by atoms with Crippen LogP contribution in [0.25, 0.3) is 0 Å². The molecule has 164 valence electrons. The van der Waals surface area contributed by atoms with Gasteiger partial charge < -0.3 is 24.8 Å². The number of ether oxygens (including phenoxy) is 1. The number of carbonyl (C=O) groups excluding carboxylic acids is 2. The van der Waals surface area contributed by atoms with Crippen LogP contribution in [0, 0.1) is 0 Å². The summed E-state index contributed by atoms with van der Waals surface area (Å²) < 4.78 is 5.51. The van der Waals surface area contributed by atoms with Crippen LogP contribution in [0.5, 0.6) is 0 Å². The summed E-state index contributed by atoms with van der Waals surface area (Å²) in [5, 5.41) is 3.06. The summed E-state index contributed by atoms with van der Waals surface area (Å²) >= 11 is 0. The first-order valence-electron chi connectivity index (χ1n) is 10.9. The normalized spacial score (nSPS) is 18.7. The zero-order valence-corrected chi connectivity index (χ0v) is 18.0. The van der Waals surface area contributed by atoms with Gasteiger partial charge in [0.2, 0.25) is 0 Å². The number of nitrogens with zero attached hydrogens (tertiary/aromatic N) is 3. The summed E-state index contributed by atoms with van der Waals surface area (Å²) in [4.78, 5) is 31.1. The third-order valence-corrected chi connectivity index (χ3v) is 5.90. The Kier molecular flexibility index (Phi) is 6.72. The second kappa shape index (κ2) is 9.83. The highest BCUT2D eigenvalue weighted by molar-refractivity contribution is 5.93. The van der Waals surface area contributed by atoms with E-state index in [2.05, 4.69) is 22.3 Å². The van der Waals surface area contributed by atoms with E-state index in [9.17, 15) is 9.59 Å². The smallest absolute Gasteiger partial charge is 0.322 e. The third kappa shape index (κ3) is 5.17. The van der Waals surface area contributed by atoms with E-state index in [1.807, 2.05) is 54.4 Å². The molecule has 7 nitrogen and oxygen atoms in total. The van der Waals surface area contributed by atoms with Gasteiger partial charge in [0, 0.05) is 46.4 Å². The Hall–Kier alpha value is -3.06. The lowest BCUT2D eigenvalue weighted by Crippen LogP contribution is -2.53. The fourth-order valence-corrected chi connectivity index (χ4v) is 4.15. The van der Waals surface area contributed by atoms with Crippen LogP contribution in [0.15, 0.2) is 54.6 Å². The minimum atomic E-state index is -0.299. The van der Waals surface area contributed by atoms with Crippen LogP contribution in [0.4, 0.5) is 16.2 Å². The van der Waals surface area contributed by atoms with Crippen molar-refractivity contribution in [1.82, 2.24) is 9.80 Å². The number of nitrogens with one attached hydrogen (secondary N) is 1. The number of urea groups is 1. The van der Waals surface area contributed by atoms with Crippen LogP contribution >= 0.6 is 0 Å². The highest BCUT2D eigenvalue weighted by atomic mass is 16.5. The molecule has 2 heterocycles. The van der Waals surface area contributed by atoms with Gasteiger partial charge in [0.1, 0.15) is 6.10 Å². The van der Waals surface area contributed by atoms with Crippen LogP contribution in [0.1, 0.15) is 18.4 Å². The molecule has 2 fully saturated rings. The Balaban J connectivity index is 1.34. The molecule has 0 aromatic heterocycles. The predicted molar refractivity (Wildman–Crippen MR) is 121 cm³/mol. The molecule has 2 aromatic carbocycles. The molecule has 7 heteroatoms. The molecule has 2 aliphatic rings. The second-order valence-electron chi connectivity index (χ2n) is 8.10. The lowest BCUT2D eigenvalue weighted by molar-refractivity contribution is -0.142. The van der Waals surface area contributed by atoms with Crippen LogP contribution in [0.2, 0.25) is 0 Å². The average Bonchev–Trinajstić information content (AvgIpc) is 3.35. The number of para-hydroxylation sites is 2. The van der Waals surface area contributed by atoms with E-state index in [0.29, 0.717) is 32.8 Å². The summed E-state index contributed by atoms with van der Waals surface area (Å²) in [5.41, 5.74) is 2.95. The standard InChI is InChI=1S/C24H30N4O3/c1-26(18-19-8-3-2-4-9-19)21-11-6-5-10-20(21)25-24(30)28-15-13-27(14-16-28)23(29)22-12-7-17-31-22/h2-6,8-11,22H,7,12-18H2,1H3,(H,25,30). The Bertz CT molecular complexity index is 891. The minimum Gasteiger partial charge on any atom is -0.369 e. The largest absolute Gasteiger partial charge is 0.369 e. The molecule has 2 aromatic rings. The van der Waals surface area contributed by atoms with Gasteiger partial charge in [-0.15, -0.1) is 0 Å². The van der Waals surface area contributed by atoms with Crippen molar-refractivity contribution < 1.29 is 14.3 Å². The van der Waals surface area contributed by atoms with Crippen molar-refractivity contribution in [3.8, 4) is 0 Å². The van der Waals surface area contributed by atoms with E-state index in [4.69, 9.17) is 4.74 Å². The second-order valence-corrected chi connectivity index (χ2v) is 8.10. The van der Waals surface area contributed by atoms with Crippen LogP contribution in [0.3, 0.4) is 0 Å². The Morgan fingerprint density at radius 3 is 2.39 bits per heavy atom. The fourth-order valence-electron chi connectivity index (χ4n) is 4.15. The van der Waals surface area contributed by atoms with Gasteiger partial charge in [-0.2, -0.15) is 0 Å². The Labute approximate surface area is 183 Å². The first kappa shape index (κ1) is 21.2. The zero-order chi connectivity index (χ0) is 21.6. The molecule has 0 spiro atoms. The van der Waals surface area contributed by atoms with Crippen molar-refractivity contribution in [2.24, 2.45) is 0 Å². The van der Waals surface area contributed by atoms with Gasteiger partial charge in [0.25, 0.3) is 5.91 Å². The summed E-state index contributed by atoms with van der Waals surface area (Å²) in [6.45, 7) is 3.54. The van der Waals surface area contributed by atoms with Gasteiger partial charge in [-0.05, 0) is 30.5 Å². The summed E-state index contributed by atoms with van der Waals surface area (Å²) in [6.07, 6.45) is 1.44. The molecular weight excluding hydrogens is 392 g/mol. The van der Waals surface area contributed by atoms with E-state index in [0.717, 1.165) is 30.8 Å². The van der Waals surface area contributed by atoms with Crippen molar-refractivity contribution in [1.29, 1.82) is 0 Å². The number of rotatable bonds is 5.